The van der Waals surface area contributed by atoms with E-state index in [4.69, 9.17) is 9.84 Å². The first-order valence-corrected chi connectivity index (χ1v) is 6.05. The molecule has 0 fully saturated rings. The summed E-state index contributed by atoms with van der Waals surface area (Å²) in [5, 5.41) is 28.0. The summed E-state index contributed by atoms with van der Waals surface area (Å²) in [6.45, 7) is 0. The van der Waals surface area contributed by atoms with Gasteiger partial charge in [0.25, 0.3) is 0 Å². The van der Waals surface area contributed by atoms with E-state index in [1.54, 1.807) is 0 Å². The van der Waals surface area contributed by atoms with E-state index in [1.807, 2.05) is 0 Å². The van der Waals surface area contributed by atoms with Crippen molar-refractivity contribution in [2.24, 2.45) is 0 Å². The third kappa shape index (κ3) is 2.12. The molecule has 0 saturated carbocycles. The van der Waals surface area contributed by atoms with Gasteiger partial charge in [-0.15, -0.1) is 0 Å². The van der Waals surface area contributed by atoms with Crippen LogP contribution in [0.1, 0.15) is 15.9 Å². The average Bonchev–Trinajstić information content (AvgIpc) is 2.72. The Morgan fingerprint density at radius 1 is 1.00 bits per heavy atom. The molecule has 0 radical (unpaired) electrons. The summed E-state index contributed by atoms with van der Waals surface area (Å²) in [5.74, 6) is -5.29. The Hall–Kier alpha value is -3.09. The standard InChI is InChI=1S/C15H8F2O5/c16-8-1-6(2-9(17)14(8)20)3-12-15(21)13-10(19)4-7(18)5-11(13)22-12/h1-5,18-20H/b12-3-. The number of ether oxygens (including phenoxy) is 1. The predicted octanol–water partition coefficient (Wildman–Crippen LogP) is 2.70. The zero-order chi connectivity index (χ0) is 16.0. The number of phenolic OH excluding ortho intramolecular Hbond substituents is 3. The minimum absolute atomic E-state index is 0.0485. The highest BCUT2D eigenvalue weighted by atomic mass is 19.1. The minimum Gasteiger partial charge on any atom is -0.508 e. The van der Waals surface area contributed by atoms with Crippen molar-refractivity contribution < 1.29 is 33.6 Å². The van der Waals surface area contributed by atoms with E-state index >= 15 is 0 Å². The molecule has 1 heterocycles. The number of hydrogen-bond donors (Lipinski definition) is 3. The Balaban J connectivity index is 2.05. The van der Waals surface area contributed by atoms with Crippen LogP contribution in [0.4, 0.5) is 8.78 Å². The highest BCUT2D eigenvalue weighted by Crippen LogP contribution is 2.40. The molecular weight excluding hydrogens is 298 g/mol. The van der Waals surface area contributed by atoms with Gasteiger partial charge in [0.15, 0.2) is 23.1 Å². The Kier molecular flexibility index (Phi) is 2.98. The van der Waals surface area contributed by atoms with E-state index in [0.29, 0.717) is 0 Å². The van der Waals surface area contributed by atoms with Gasteiger partial charge < -0.3 is 20.1 Å². The molecular formula is C15H8F2O5. The molecule has 3 N–H and O–H groups in total. The third-order valence-corrected chi connectivity index (χ3v) is 3.07. The summed E-state index contributed by atoms with van der Waals surface area (Å²) in [7, 11) is 0. The van der Waals surface area contributed by atoms with Crippen molar-refractivity contribution in [2.75, 3.05) is 0 Å². The maximum Gasteiger partial charge on any atom is 0.235 e. The van der Waals surface area contributed by atoms with Crippen molar-refractivity contribution in [2.45, 2.75) is 0 Å². The molecule has 0 bridgehead atoms. The lowest BCUT2D eigenvalue weighted by Crippen LogP contribution is -1.98. The van der Waals surface area contributed by atoms with Gasteiger partial charge in [-0.05, 0) is 23.8 Å². The second-order valence-electron chi connectivity index (χ2n) is 4.61. The van der Waals surface area contributed by atoms with Gasteiger partial charge in [0, 0.05) is 12.1 Å². The van der Waals surface area contributed by atoms with E-state index in [-0.39, 0.29) is 28.4 Å². The van der Waals surface area contributed by atoms with Crippen LogP contribution in [-0.2, 0) is 0 Å². The van der Waals surface area contributed by atoms with Crippen molar-refractivity contribution in [1.29, 1.82) is 0 Å². The lowest BCUT2D eigenvalue weighted by molar-refractivity contribution is 0.101. The predicted molar refractivity (Wildman–Crippen MR) is 70.7 cm³/mol. The van der Waals surface area contributed by atoms with Crippen LogP contribution in [0.2, 0.25) is 0 Å². The number of hydrogen-bond acceptors (Lipinski definition) is 5. The summed E-state index contributed by atoms with van der Waals surface area (Å²) in [6, 6.07) is 3.75. The largest absolute Gasteiger partial charge is 0.508 e. The van der Waals surface area contributed by atoms with Gasteiger partial charge in [-0.1, -0.05) is 0 Å². The summed E-state index contributed by atoms with van der Waals surface area (Å²) in [4.78, 5) is 12.1. The van der Waals surface area contributed by atoms with Crippen LogP contribution in [0.5, 0.6) is 23.0 Å². The number of phenols is 3. The Bertz CT molecular complexity index is 819. The lowest BCUT2D eigenvalue weighted by Gasteiger charge is -2.01. The zero-order valence-electron chi connectivity index (χ0n) is 10.8. The molecule has 1 aliphatic rings. The van der Waals surface area contributed by atoms with Gasteiger partial charge in [0.05, 0.1) is 0 Å². The van der Waals surface area contributed by atoms with Crippen LogP contribution in [-0.4, -0.2) is 21.1 Å². The maximum absolute atomic E-state index is 13.3. The molecule has 0 unspecified atom stereocenters. The minimum atomic E-state index is -1.18. The first kappa shape index (κ1) is 13.9. The molecule has 112 valence electrons. The summed E-state index contributed by atoms with van der Waals surface area (Å²) in [5.41, 5.74) is -0.198. The van der Waals surface area contributed by atoms with Crippen molar-refractivity contribution in [3.63, 3.8) is 0 Å². The van der Waals surface area contributed by atoms with Crippen molar-refractivity contribution >= 4 is 11.9 Å². The normalized spacial score (nSPS) is 15.0. The highest BCUT2D eigenvalue weighted by molar-refractivity contribution is 6.16. The summed E-state index contributed by atoms with van der Waals surface area (Å²) in [6.07, 6.45) is 1.06. The van der Waals surface area contributed by atoms with Crippen LogP contribution in [0, 0.1) is 11.6 Å². The van der Waals surface area contributed by atoms with Gasteiger partial charge in [0.2, 0.25) is 5.78 Å². The maximum atomic E-state index is 13.3. The second kappa shape index (κ2) is 4.73. The van der Waals surface area contributed by atoms with E-state index in [1.165, 1.54) is 0 Å². The first-order valence-electron chi connectivity index (χ1n) is 6.05. The van der Waals surface area contributed by atoms with Crippen LogP contribution in [0.15, 0.2) is 30.0 Å². The molecule has 2 aromatic rings. The molecule has 1 aliphatic heterocycles. The van der Waals surface area contributed by atoms with Crippen LogP contribution >= 0.6 is 0 Å². The number of benzene rings is 2. The van der Waals surface area contributed by atoms with E-state index in [2.05, 4.69) is 0 Å². The fourth-order valence-electron chi connectivity index (χ4n) is 2.10. The number of Topliss-reactive ketones (excluding diaryl/α,β-unsaturated/α-hetero) is 1. The van der Waals surface area contributed by atoms with Gasteiger partial charge >= 0.3 is 0 Å². The molecule has 0 aromatic heterocycles. The summed E-state index contributed by atoms with van der Waals surface area (Å²) < 4.78 is 31.7. The molecule has 0 amide bonds. The van der Waals surface area contributed by atoms with Gasteiger partial charge in [-0.25, -0.2) is 8.78 Å². The molecule has 5 nitrogen and oxygen atoms in total. The first-order chi connectivity index (χ1) is 10.4. The smallest absolute Gasteiger partial charge is 0.235 e. The third-order valence-electron chi connectivity index (χ3n) is 3.07. The molecule has 2 aromatic carbocycles. The molecule has 22 heavy (non-hydrogen) atoms. The highest BCUT2D eigenvalue weighted by Gasteiger charge is 2.31. The van der Waals surface area contributed by atoms with Crippen LogP contribution < -0.4 is 4.74 Å². The molecule has 3 rings (SSSR count). The van der Waals surface area contributed by atoms with Gasteiger partial charge in [0.1, 0.15) is 22.8 Å². The van der Waals surface area contributed by atoms with E-state index in [9.17, 15) is 23.8 Å². The SMILES string of the molecule is O=C1/C(=C/c2cc(F)c(O)c(F)c2)Oc2cc(O)cc(O)c21. The van der Waals surface area contributed by atoms with Crippen molar-refractivity contribution in [3.05, 3.63) is 52.8 Å². The van der Waals surface area contributed by atoms with Crippen LogP contribution in [0.25, 0.3) is 6.08 Å². The summed E-state index contributed by atoms with van der Waals surface area (Å²) >= 11 is 0. The molecule has 0 saturated heterocycles. The quantitative estimate of drug-likeness (QED) is 0.705. The van der Waals surface area contributed by atoms with Gasteiger partial charge in [-0.2, -0.15) is 0 Å². The van der Waals surface area contributed by atoms with Gasteiger partial charge in [-0.3, -0.25) is 4.79 Å². The molecule has 0 spiro atoms. The number of halogens is 2. The fourth-order valence-corrected chi connectivity index (χ4v) is 2.10. The number of aromatic hydroxyl groups is 3. The Morgan fingerprint density at radius 2 is 1.64 bits per heavy atom. The number of fused-ring (bicyclic) bond motifs is 1. The zero-order valence-corrected chi connectivity index (χ0v) is 10.8. The number of ketones is 1. The topological polar surface area (TPSA) is 87.0 Å². The number of carbonyl (C=O) groups excluding carboxylic acids is 1. The number of allylic oxidation sites excluding steroid dienone is 1. The monoisotopic (exact) mass is 306 g/mol. The molecule has 7 heteroatoms. The number of rotatable bonds is 1. The van der Waals surface area contributed by atoms with Crippen molar-refractivity contribution in [1.82, 2.24) is 0 Å². The molecule has 0 aliphatic carbocycles. The van der Waals surface area contributed by atoms with Crippen LogP contribution in [0.3, 0.4) is 0 Å². The van der Waals surface area contributed by atoms with E-state index < -0.39 is 28.9 Å². The average molecular weight is 306 g/mol. The van der Waals surface area contributed by atoms with E-state index in [0.717, 1.165) is 30.3 Å². The van der Waals surface area contributed by atoms with Crippen molar-refractivity contribution in [3.8, 4) is 23.0 Å². The Labute approximate surface area is 122 Å². The lowest BCUT2D eigenvalue weighted by atomic mass is 10.1. The second-order valence-corrected chi connectivity index (χ2v) is 4.61. The number of carbonyl (C=O) groups is 1. The fraction of sp³-hybridized carbons (Fsp3) is 0. The molecule has 0 atom stereocenters. The Morgan fingerprint density at radius 3 is 2.27 bits per heavy atom.